The Kier molecular flexibility index (Phi) is 10.7. The van der Waals surface area contributed by atoms with Crippen LogP contribution in [0.25, 0.3) is 0 Å². The van der Waals surface area contributed by atoms with Crippen molar-refractivity contribution >= 4 is 0 Å². The zero-order valence-electron chi connectivity index (χ0n) is 8.65. The Balaban J connectivity index is 3.30. The molecule has 0 spiro atoms. The van der Waals surface area contributed by atoms with E-state index in [2.05, 4.69) is 5.32 Å². The Morgan fingerprint density at radius 3 is 1.93 bits per heavy atom. The van der Waals surface area contributed by atoms with Gasteiger partial charge in [0.15, 0.2) is 0 Å². The van der Waals surface area contributed by atoms with Gasteiger partial charge < -0.3 is 20.6 Å². The van der Waals surface area contributed by atoms with Crippen LogP contribution in [0, 0.1) is 0 Å². The molecule has 0 saturated carbocycles. The van der Waals surface area contributed by atoms with Crippen LogP contribution in [0.15, 0.2) is 0 Å². The second kappa shape index (κ2) is 10.9. The molecule has 0 aliphatic carbocycles. The summed E-state index contributed by atoms with van der Waals surface area (Å²) in [7, 11) is 0. The SMILES string of the molecule is OCCNCCCN(CCO)CCO. The van der Waals surface area contributed by atoms with Crippen molar-refractivity contribution in [2.24, 2.45) is 0 Å². The molecule has 0 heterocycles. The molecule has 5 heteroatoms. The number of hydrogen-bond acceptors (Lipinski definition) is 5. The van der Waals surface area contributed by atoms with Crippen LogP contribution in [0.5, 0.6) is 0 Å². The van der Waals surface area contributed by atoms with Gasteiger partial charge in [0, 0.05) is 19.6 Å². The van der Waals surface area contributed by atoms with Gasteiger partial charge in [-0.3, -0.25) is 4.90 Å². The third-order valence-electron chi connectivity index (χ3n) is 1.95. The molecule has 86 valence electrons. The summed E-state index contributed by atoms with van der Waals surface area (Å²) in [5, 5.41) is 29.0. The predicted molar refractivity (Wildman–Crippen MR) is 55.2 cm³/mol. The van der Waals surface area contributed by atoms with Crippen LogP contribution in [0.2, 0.25) is 0 Å². The smallest absolute Gasteiger partial charge is 0.0558 e. The van der Waals surface area contributed by atoms with Crippen LogP contribution in [0.3, 0.4) is 0 Å². The summed E-state index contributed by atoms with van der Waals surface area (Å²) >= 11 is 0. The number of aliphatic hydroxyl groups is 3. The molecule has 14 heavy (non-hydrogen) atoms. The van der Waals surface area contributed by atoms with Gasteiger partial charge in [-0.1, -0.05) is 0 Å². The van der Waals surface area contributed by atoms with Crippen molar-refractivity contribution in [3.63, 3.8) is 0 Å². The summed E-state index contributed by atoms with van der Waals surface area (Å²) in [5.74, 6) is 0. The molecule has 0 unspecified atom stereocenters. The van der Waals surface area contributed by atoms with Gasteiger partial charge in [0.05, 0.1) is 19.8 Å². The molecule has 0 aromatic rings. The van der Waals surface area contributed by atoms with Crippen LogP contribution in [0.1, 0.15) is 6.42 Å². The van der Waals surface area contributed by atoms with E-state index in [0.29, 0.717) is 19.6 Å². The van der Waals surface area contributed by atoms with Crippen LogP contribution >= 0.6 is 0 Å². The Bertz CT molecular complexity index is 108. The Morgan fingerprint density at radius 2 is 1.43 bits per heavy atom. The Labute approximate surface area is 85.4 Å². The molecule has 0 bridgehead atoms. The minimum atomic E-state index is 0.129. The topological polar surface area (TPSA) is 76.0 Å². The summed E-state index contributed by atoms with van der Waals surface area (Å²) in [4.78, 5) is 2.01. The Morgan fingerprint density at radius 1 is 0.786 bits per heavy atom. The highest BCUT2D eigenvalue weighted by atomic mass is 16.3. The lowest BCUT2D eigenvalue weighted by Crippen LogP contribution is -2.32. The van der Waals surface area contributed by atoms with Gasteiger partial charge in [0.1, 0.15) is 0 Å². The third kappa shape index (κ3) is 8.40. The lowest BCUT2D eigenvalue weighted by atomic mass is 10.3. The monoisotopic (exact) mass is 206 g/mol. The van der Waals surface area contributed by atoms with Gasteiger partial charge in [-0.25, -0.2) is 0 Å². The zero-order valence-corrected chi connectivity index (χ0v) is 8.65. The van der Waals surface area contributed by atoms with Crippen LogP contribution < -0.4 is 5.32 Å². The molecular formula is C9H22N2O3. The second-order valence-corrected chi connectivity index (χ2v) is 3.12. The molecule has 0 amide bonds. The first-order valence-corrected chi connectivity index (χ1v) is 5.10. The molecule has 0 atom stereocenters. The van der Waals surface area contributed by atoms with Gasteiger partial charge in [0.25, 0.3) is 0 Å². The van der Waals surface area contributed by atoms with Gasteiger partial charge in [0.2, 0.25) is 0 Å². The molecule has 0 aromatic carbocycles. The minimum absolute atomic E-state index is 0.129. The summed E-state index contributed by atoms with van der Waals surface area (Å²) < 4.78 is 0. The molecule has 0 radical (unpaired) electrons. The molecule has 0 rings (SSSR count). The first-order valence-electron chi connectivity index (χ1n) is 5.10. The average molecular weight is 206 g/mol. The van der Waals surface area contributed by atoms with Crippen molar-refractivity contribution in [1.29, 1.82) is 0 Å². The number of hydrogen-bond donors (Lipinski definition) is 4. The molecular weight excluding hydrogens is 184 g/mol. The van der Waals surface area contributed by atoms with Crippen LogP contribution in [-0.4, -0.2) is 72.8 Å². The number of aliphatic hydroxyl groups excluding tert-OH is 3. The van der Waals surface area contributed by atoms with E-state index >= 15 is 0 Å². The first-order chi connectivity index (χ1) is 6.85. The van der Waals surface area contributed by atoms with E-state index in [1.807, 2.05) is 4.90 Å². The van der Waals surface area contributed by atoms with Crippen LogP contribution in [-0.2, 0) is 0 Å². The maximum atomic E-state index is 8.73. The van der Waals surface area contributed by atoms with Gasteiger partial charge in [-0.15, -0.1) is 0 Å². The Hall–Kier alpha value is -0.200. The van der Waals surface area contributed by atoms with Crippen molar-refractivity contribution in [2.75, 3.05) is 52.5 Å². The van der Waals surface area contributed by atoms with E-state index in [4.69, 9.17) is 15.3 Å². The molecule has 0 aliphatic rings. The van der Waals surface area contributed by atoms with Crippen molar-refractivity contribution in [1.82, 2.24) is 10.2 Å². The van der Waals surface area contributed by atoms with E-state index in [1.165, 1.54) is 0 Å². The summed E-state index contributed by atoms with van der Waals surface area (Å²) in [5.41, 5.74) is 0. The van der Waals surface area contributed by atoms with Crippen molar-refractivity contribution in [2.45, 2.75) is 6.42 Å². The summed E-state index contributed by atoms with van der Waals surface area (Å²) in [6.07, 6.45) is 0.958. The van der Waals surface area contributed by atoms with Gasteiger partial charge >= 0.3 is 0 Å². The molecule has 0 fully saturated rings. The average Bonchev–Trinajstić information content (AvgIpc) is 2.18. The van der Waals surface area contributed by atoms with Crippen molar-refractivity contribution < 1.29 is 15.3 Å². The standard InChI is InChI=1S/C9H22N2O3/c12-7-3-10-2-1-4-11(5-8-13)6-9-14/h10,12-14H,1-9H2. The highest BCUT2D eigenvalue weighted by Crippen LogP contribution is 1.89. The van der Waals surface area contributed by atoms with E-state index in [-0.39, 0.29) is 19.8 Å². The largest absolute Gasteiger partial charge is 0.395 e. The van der Waals surface area contributed by atoms with E-state index in [0.717, 1.165) is 19.5 Å². The van der Waals surface area contributed by atoms with Gasteiger partial charge in [-0.05, 0) is 19.5 Å². The molecule has 0 aromatic heterocycles. The summed E-state index contributed by atoms with van der Waals surface area (Å²) in [6, 6.07) is 0. The zero-order chi connectivity index (χ0) is 10.6. The number of rotatable bonds is 10. The minimum Gasteiger partial charge on any atom is -0.395 e. The lowest BCUT2D eigenvalue weighted by molar-refractivity contribution is 0.159. The van der Waals surface area contributed by atoms with E-state index < -0.39 is 0 Å². The highest BCUT2D eigenvalue weighted by molar-refractivity contribution is 4.57. The summed E-state index contributed by atoms with van der Waals surface area (Å²) in [6.45, 7) is 3.99. The van der Waals surface area contributed by atoms with Gasteiger partial charge in [-0.2, -0.15) is 0 Å². The maximum Gasteiger partial charge on any atom is 0.0558 e. The van der Waals surface area contributed by atoms with E-state index in [1.54, 1.807) is 0 Å². The maximum absolute atomic E-state index is 8.73. The normalized spacial score (nSPS) is 11.1. The fourth-order valence-corrected chi connectivity index (χ4v) is 1.25. The van der Waals surface area contributed by atoms with Crippen LogP contribution in [0.4, 0.5) is 0 Å². The predicted octanol–water partition coefficient (Wildman–Crippen LogP) is -1.75. The molecule has 0 aliphatic heterocycles. The molecule has 0 saturated heterocycles. The first kappa shape index (κ1) is 13.8. The van der Waals surface area contributed by atoms with E-state index in [9.17, 15) is 0 Å². The molecule has 5 nitrogen and oxygen atoms in total. The third-order valence-corrected chi connectivity index (χ3v) is 1.95. The number of nitrogens with one attached hydrogen (secondary N) is 1. The fraction of sp³-hybridized carbons (Fsp3) is 1.00. The number of nitrogens with zero attached hydrogens (tertiary/aromatic N) is 1. The fourth-order valence-electron chi connectivity index (χ4n) is 1.25. The second-order valence-electron chi connectivity index (χ2n) is 3.12. The van der Waals surface area contributed by atoms with Crippen molar-refractivity contribution in [3.05, 3.63) is 0 Å². The highest BCUT2D eigenvalue weighted by Gasteiger charge is 2.01. The molecule has 4 N–H and O–H groups in total. The van der Waals surface area contributed by atoms with Crippen molar-refractivity contribution in [3.8, 4) is 0 Å². The lowest BCUT2D eigenvalue weighted by Gasteiger charge is -2.19. The quantitative estimate of drug-likeness (QED) is 0.319.